The first-order chi connectivity index (χ1) is 15.5. The number of nitrogens with zero attached hydrogens (tertiary/aromatic N) is 3. The second-order valence-corrected chi connectivity index (χ2v) is 8.77. The Morgan fingerprint density at radius 2 is 1.66 bits per heavy atom. The van der Waals surface area contributed by atoms with Crippen molar-refractivity contribution in [3.05, 3.63) is 96.2 Å². The van der Waals surface area contributed by atoms with E-state index in [1.54, 1.807) is 42.3 Å². The van der Waals surface area contributed by atoms with Gasteiger partial charge in [0.25, 0.3) is 10.0 Å². The number of methoxy groups -OCH3 is 1. The summed E-state index contributed by atoms with van der Waals surface area (Å²) in [5.41, 5.74) is 4.02. The van der Waals surface area contributed by atoms with Crippen LogP contribution >= 0.6 is 0 Å². The highest BCUT2D eigenvalue weighted by Crippen LogP contribution is 2.25. The first-order valence-electron chi connectivity index (χ1n) is 9.87. The van der Waals surface area contributed by atoms with E-state index in [2.05, 4.69) is 9.93 Å². The number of aromatic nitrogens is 2. The number of rotatable bonds is 7. The summed E-state index contributed by atoms with van der Waals surface area (Å²) in [6.07, 6.45) is 3.26. The normalized spacial score (nSPS) is 11.6. The third-order valence-corrected chi connectivity index (χ3v) is 6.07. The Morgan fingerprint density at radius 3 is 2.31 bits per heavy atom. The van der Waals surface area contributed by atoms with Crippen LogP contribution in [0.25, 0.3) is 16.9 Å². The summed E-state index contributed by atoms with van der Waals surface area (Å²) in [5, 5.41) is 8.69. The molecule has 7 nitrogen and oxygen atoms in total. The number of para-hydroxylation sites is 1. The first kappa shape index (κ1) is 21.3. The van der Waals surface area contributed by atoms with Crippen LogP contribution in [0, 0.1) is 6.92 Å². The van der Waals surface area contributed by atoms with Crippen LogP contribution < -0.4 is 9.57 Å². The molecule has 0 fully saturated rings. The lowest BCUT2D eigenvalue weighted by molar-refractivity contribution is 0.415. The lowest BCUT2D eigenvalue weighted by Crippen LogP contribution is -2.18. The third-order valence-electron chi connectivity index (χ3n) is 4.83. The fourth-order valence-electron chi connectivity index (χ4n) is 3.10. The van der Waals surface area contributed by atoms with Gasteiger partial charge in [-0.1, -0.05) is 35.9 Å². The summed E-state index contributed by atoms with van der Waals surface area (Å²) in [4.78, 5) is 2.42. The molecule has 0 atom stereocenters. The lowest BCUT2D eigenvalue weighted by atomic mass is 10.1. The molecule has 0 aliphatic heterocycles. The number of hydrogen-bond acceptors (Lipinski definition) is 5. The Kier molecular flexibility index (Phi) is 6.04. The standard InChI is InChI=1S/C24H22N4O3S/c1-18-8-14-23(15-9-18)32(29,30)27-25-16-20-17-28(21-6-4-3-5-7-21)26-24(20)19-10-12-22(31-2)13-11-19/h3-17,27H,1-2H3. The van der Waals surface area contributed by atoms with Crippen LogP contribution in [-0.2, 0) is 10.0 Å². The summed E-state index contributed by atoms with van der Waals surface area (Å²) in [7, 11) is -2.16. The average Bonchev–Trinajstić information content (AvgIpc) is 3.24. The molecular formula is C24H22N4O3S. The van der Waals surface area contributed by atoms with E-state index in [1.807, 2.05) is 61.5 Å². The minimum Gasteiger partial charge on any atom is -0.497 e. The molecule has 0 unspecified atom stereocenters. The van der Waals surface area contributed by atoms with Crippen LogP contribution in [0.5, 0.6) is 5.75 Å². The van der Waals surface area contributed by atoms with Crippen molar-refractivity contribution in [1.29, 1.82) is 0 Å². The molecular weight excluding hydrogens is 424 g/mol. The number of hydrogen-bond donors (Lipinski definition) is 1. The van der Waals surface area contributed by atoms with Crippen LogP contribution in [0.15, 0.2) is 95.1 Å². The molecule has 4 aromatic rings. The molecule has 0 radical (unpaired) electrons. The first-order valence-corrected chi connectivity index (χ1v) is 11.4. The van der Waals surface area contributed by atoms with Gasteiger partial charge in [-0.3, -0.25) is 0 Å². The number of ether oxygens (including phenoxy) is 1. The summed E-state index contributed by atoms with van der Waals surface area (Å²) in [5.74, 6) is 0.734. The smallest absolute Gasteiger partial charge is 0.276 e. The Hall–Kier alpha value is -3.91. The number of nitrogens with one attached hydrogen (secondary N) is 1. The van der Waals surface area contributed by atoms with Gasteiger partial charge in [0.1, 0.15) is 11.4 Å². The second kappa shape index (κ2) is 9.07. The van der Waals surface area contributed by atoms with Crippen molar-refractivity contribution in [3.8, 4) is 22.7 Å². The Labute approximate surface area is 187 Å². The van der Waals surface area contributed by atoms with E-state index in [9.17, 15) is 8.42 Å². The number of hydrazone groups is 1. The van der Waals surface area contributed by atoms with Crippen LogP contribution in [0.3, 0.4) is 0 Å². The van der Waals surface area contributed by atoms with Crippen LogP contribution in [0.1, 0.15) is 11.1 Å². The van der Waals surface area contributed by atoms with Crippen LogP contribution in [-0.4, -0.2) is 31.5 Å². The van der Waals surface area contributed by atoms with Crippen molar-refractivity contribution in [2.75, 3.05) is 7.11 Å². The van der Waals surface area contributed by atoms with Crippen molar-refractivity contribution >= 4 is 16.2 Å². The zero-order valence-electron chi connectivity index (χ0n) is 17.6. The van der Waals surface area contributed by atoms with Gasteiger partial charge in [-0.05, 0) is 55.5 Å². The summed E-state index contributed by atoms with van der Waals surface area (Å²) in [6.45, 7) is 1.90. The van der Waals surface area contributed by atoms with E-state index < -0.39 is 10.0 Å². The molecule has 1 N–H and O–H groups in total. The maximum atomic E-state index is 12.5. The predicted octanol–water partition coefficient (Wildman–Crippen LogP) is 4.17. The molecule has 8 heteroatoms. The van der Waals surface area contributed by atoms with E-state index in [0.29, 0.717) is 11.3 Å². The Balaban J connectivity index is 1.67. The molecule has 0 aliphatic rings. The molecule has 0 aliphatic carbocycles. The molecule has 0 bridgehead atoms. The molecule has 1 aromatic heterocycles. The topological polar surface area (TPSA) is 85.6 Å². The maximum Gasteiger partial charge on any atom is 0.276 e. The SMILES string of the molecule is COc1ccc(-c2nn(-c3ccccc3)cc2C=NNS(=O)(=O)c2ccc(C)cc2)cc1. The summed E-state index contributed by atoms with van der Waals surface area (Å²) >= 11 is 0. The van der Waals surface area contributed by atoms with Crippen molar-refractivity contribution < 1.29 is 13.2 Å². The average molecular weight is 447 g/mol. The minimum absolute atomic E-state index is 0.149. The van der Waals surface area contributed by atoms with Gasteiger partial charge in [0.15, 0.2) is 0 Å². The largest absolute Gasteiger partial charge is 0.497 e. The predicted molar refractivity (Wildman–Crippen MR) is 125 cm³/mol. The fourth-order valence-corrected chi connectivity index (χ4v) is 3.89. The van der Waals surface area contributed by atoms with Crippen molar-refractivity contribution in [2.24, 2.45) is 5.10 Å². The summed E-state index contributed by atoms with van der Waals surface area (Å²) in [6, 6.07) is 23.7. The van der Waals surface area contributed by atoms with E-state index in [4.69, 9.17) is 9.84 Å². The highest BCUT2D eigenvalue weighted by Gasteiger charge is 2.14. The van der Waals surface area contributed by atoms with Crippen molar-refractivity contribution in [1.82, 2.24) is 14.6 Å². The Morgan fingerprint density at radius 1 is 0.969 bits per heavy atom. The van der Waals surface area contributed by atoms with Gasteiger partial charge in [-0.15, -0.1) is 0 Å². The van der Waals surface area contributed by atoms with Gasteiger partial charge in [0.2, 0.25) is 0 Å². The molecule has 0 amide bonds. The molecule has 162 valence electrons. The van der Waals surface area contributed by atoms with Crippen molar-refractivity contribution in [2.45, 2.75) is 11.8 Å². The fraction of sp³-hybridized carbons (Fsp3) is 0.0833. The molecule has 1 heterocycles. The molecule has 0 saturated heterocycles. The van der Waals surface area contributed by atoms with Crippen molar-refractivity contribution in [3.63, 3.8) is 0 Å². The molecule has 32 heavy (non-hydrogen) atoms. The second-order valence-electron chi connectivity index (χ2n) is 7.11. The number of sulfonamides is 1. The van der Waals surface area contributed by atoms with Crippen LogP contribution in [0.4, 0.5) is 0 Å². The van der Waals surface area contributed by atoms with E-state index >= 15 is 0 Å². The third kappa shape index (κ3) is 4.70. The highest BCUT2D eigenvalue weighted by molar-refractivity contribution is 7.89. The van der Waals surface area contributed by atoms with Gasteiger partial charge in [0.05, 0.1) is 23.9 Å². The molecule has 0 spiro atoms. The minimum atomic E-state index is -3.77. The zero-order valence-corrected chi connectivity index (χ0v) is 18.5. The van der Waals surface area contributed by atoms with Gasteiger partial charge in [-0.2, -0.15) is 18.6 Å². The van der Waals surface area contributed by atoms with E-state index in [-0.39, 0.29) is 4.90 Å². The number of benzene rings is 3. The van der Waals surface area contributed by atoms with E-state index in [1.165, 1.54) is 6.21 Å². The molecule has 0 saturated carbocycles. The van der Waals surface area contributed by atoms with Gasteiger partial charge < -0.3 is 4.74 Å². The quantitative estimate of drug-likeness (QED) is 0.341. The zero-order chi connectivity index (χ0) is 22.6. The summed E-state index contributed by atoms with van der Waals surface area (Å²) < 4.78 is 32.0. The Bertz CT molecular complexity index is 1330. The van der Waals surface area contributed by atoms with Crippen LogP contribution in [0.2, 0.25) is 0 Å². The van der Waals surface area contributed by atoms with Gasteiger partial charge in [0, 0.05) is 17.3 Å². The van der Waals surface area contributed by atoms with E-state index in [0.717, 1.165) is 22.6 Å². The maximum absolute atomic E-state index is 12.5. The monoisotopic (exact) mass is 446 g/mol. The molecule has 3 aromatic carbocycles. The molecule has 4 rings (SSSR count). The highest BCUT2D eigenvalue weighted by atomic mass is 32.2. The number of aryl methyl sites for hydroxylation is 1. The van der Waals surface area contributed by atoms with Gasteiger partial charge in [-0.25, -0.2) is 9.51 Å². The van der Waals surface area contributed by atoms with Gasteiger partial charge >= 0.3 is 0 Å². The lowest BCUT2D eigenvalue weighted by Gasteiger charge is -2.04.